The highest BCUT2D eigenvalue weighted by Gasteiger charge is 2.43. The summed E-state index contributed by atoms with van der Waals surface area (Å²) in [6.07, 6.45) is 8.66. The topological polar surface area (TPSA) is 65.5 Å². The van der Waals surface area contributed by atoms with Crippen LogP contribution in [0.3, 0.4) is 0 Å². The number of amides is 2. The normalized spacial score (nSPS) is 40.3. The van der Waals surface area contributed by atoms with Crippen molar-refractivity contribution in [2.75, 3.05) is 5.32 Å². The number of thiazole rings is 1. The van der Waals surface area contributed by atoms with E-state index >= 15 is 0 Å². The third-order valence-electron chi connectivity index (χ3n) is 6.80. The number of hydrogen-bond acceptors (Lipinski definition) is 4. The lowest BCUT2D eigenvalue weighted by atomic mass is 9.87. The molecule has 24 heavy (non-hydrogen) atoms. The first-order valence-corrected chi connectivity index (χ1v) is 10.3. The molecule has 5 rings (SSSR count). The third-order valence-corrected chi connectivity index (χ3v) is 7.57. The van der Waals surface area contributed by atoms with E-state index in [2.05, 4.69) is 10.7 Å². The molecule has 3 heterocycles. The molecule has 2 saturated carbocycles. The van der Waals surface area contributed by atoms with Crippen LogP contribution in [0.5, 0.6) is 0 Å². The van der Waals surface area contributed by atoms with Gasteiger partial charge in [0.2, 0.25) is 0 Å². The van der Waals surface area contributed by atoms with Crippen molar-refractivity contribution < 1.29 is 9.90 Å². The van der Waals surface area contributed by atoms with Crippen LogP contribution in [0, 0.1) is 11.8 Å². The van der Waals surface area contributed by atoms with Gasteiger partial charge in [0, 0.05) is 23.4 Å². The van der Waals surface area contributed by atoms with Gasteiger partial charge in [0.05, 0.1) is 11.8 Å². The summed E-state index contributed by atoms with van der Waals surface area (Å²) in [5, 5.41) is 15.8. The molecule has 130 valence electrons. The standard InChI is InChI=1S/C18H25N3O2S/c22-14-7-12-3-4-13(8-14)21(12)18(23)20-17-19-16(9-24-17)15-6-10-1-2-11(15)5-10/h9-15,22H,1-8H2,(H,19,20,23)/t10-,11-,12-,13-,15+/m0/s1. The van der Waals surface area contributed by atoms with Crippen LogP contribution in [-0.2, 0) is 0 Å². The quantitative estimate of drug-likeness (QED) is 0.859. The smallest absolute Gasteiger partial charge is 0.324 e. The monoisotopic (exact) mass is 347 g/mol. The molecule has 2 N–H and O–H groups in total. The van der Waals surface area contributed by atoms with Gasteiger partial charge in [-0.1, -0.05) is 6.42 Å². The summed E-state index contributed by atoms with van der Waals surface area (Å²) in [5.41, 5.74) is 1.19. The molecular formula is C18H25N3O2S. The molecule has 6 heteroatoms. The number of nitrogens with one attached hydrogen (secondary N) is 1. The molecule has 0 spiro atoms. The van der Waals surface area contributed by atoms with Crippen LogP contribution in [0.1, 0.15) is 63.0 Å². The number of fused-ring (bicyclic) bond motifs is 4. The molecule has 5 atom stereocenters. The Labute approximate surface area is 146 Å². The number of aliphatic hydroxyl groups is 1. The Kier molecular flexibility index (Phi) is 3.59. The Morgan fingerprint density at radius 3 is 2.62 bits per heavy atom. The second-order valence-electron chi connectivity index (χ2n) is 8.21. The number of hydrogen-bond donors (Lipinski definition) is 2. The minimum atomic E-state index is -0.240. The number of aliphatic hydroxyl groups excluding tert-OH is 1. The Morgan fingerprint density at radius 1 is 1.17 bits per heavy atom. The SMILES string of the molecule is O=C(Nc1nc([C@@H]2C[C@H]3CC[C@H]2C3)cs1)N1[C@H]2CC[C@H]1CC(O)C2. The van der Waals surface area contributed by atoms with Crippen LogP contribution in [0.4, 0.5) is 9.93 Å². The van der Waals surface area contributed by atoms with Crippen LogP contribution in [0.2, 0.25) is 0 Å². The van der Waals surface area contributed by atoms with E-state index in [0.717, 1.165) is 42.7 Å². The lowest BCUT2D eigenvalue weighted by molar-refractivity contribution is 0.0580. The van der Waals surface area contributed by atoms with Gasteiger partial charge in [0.1, 0.15) is 0 Å². The first kappa shape index (κ1) is 15.1. The molecule has 1 aromatic heterocycles. The zero-order valence-corrected chi connectivity index (χ0v) is 14.7. The van der Waals surface area contributed by atoms with Crippen molar-refractivity contribution in [3.8, 4) is 0 Å². The molecule has 2 saturated heterocycles. The molecular weight excluding hydrogens is 322 g/mol. The Balaban J connectivity index is 1.26. The van der Waals surface area contributed by atoms with Crippen LogP contribution < -0.4 is 5.32 Å². The van der Waals surface area contributed by atoms with Gasteiger partial charge in [-0.15, -0.1) is 11.3 Å². The first-order chi connectivity index (χ1) is 11.7. The van der Waals surface area contributed by atoms with Crippen molar-refractivity contribution in [1.82, 2.24) is 9.88 Å². The average Bonchev–Trinajstić information content (AvgIpc) is 3.30. The average molecular weight is 347 g/mol. The van der Waals surface area contributed by atoms with Crippen LogP contribution in [0.15, 0.2) is 5.38 Å². The fraction of sp³-hybridized carbons (Fsp3) is 0.778. The van der Waals surface area contributed by atoms with Crippen molar-refractivity contribution in [1.29, 1.82) is 0 Å². The Morgan fingerprint density at radius 2 is 1.96 bits per heavy atom. The highest BCUT2D eigenvalue weighted by Crippen LogP contribution is 2.53. The van der Waals surface area contributed by atoms with Crippen molar-refractivity contribution >= 4 is 22.5 Å². The van der Waals surface area contributed by atoms with Gasteiger partial charge in [-0.3, -0.25) is 5.32 Å². The molecule has 0 unspecified atom stereocenters. The van der Waals surface area contributed by atoms with Crippen LogP contribution >= 0.6 is 11.3 Å². The van der Waals surface area contributed by atoms with E-state index < -0.39 is 0 Å². The number of carbonyl (C=O) groups excluding carboxylic acids is 1. The number of aromatic nitrogens is 1. The van der Waals surface area contributed by atoms with Gasteiger partial charge in [0.25, 0.3) is 0 Å². The summed E-state index contributed by atoms with van der Waals surface area (Å²) in [7, 11) is 0. The third kappa shape index (κ3) is 2.46. The second-order valence-corrected chi connectivity index (χ2v) is 9.06. The highest BCUT2D eigenvalue weighted by molar-refractivity contribution is 7.13. The zero-order chi connectivity index (χ0) is 16.3. The summed E-state index contributed by atoms with van der Waals surface area (Å²) in [5.74, 6) is 2.35. The molecule has 2 amide bonds. The molecule has 1 aromatic rings. The number of piperidine rings is 1. The first-order valence-electron chi connectivity index (χ1n) is 9.40. The maximum atomic E-state index is 12.7. The number of urea groups is 1. The molecule has 2 aliphatic heterocycles. The summed E-state index contributed by atoms with van der Waals surface area (Å²) in [4.78, 5) is 19.4. The van der Waals surface area contributed by atoms with E-state index in [1.807, 2.05) is 4.90 Å². The van der Waals surface area contributed by atoms with E-state index in [1.165, 1.54) is 31.4 Å². The van der Waals surface area contributed by atoms with Gasteiger partial charge in [-0.05, 0) is 56.8 Å². The van der Waals surface area contributed by atoms with E-state index in [0.29, 0.717) is 5.92 Å². The Bertz CT molecular complexity index is 634. The molecule has 5 nitrogen and oxygen atoms in total. The zero-order valence-electron chi connectivity index (χ0n) is 13.9. The maximum Gasteiger partial charge on any atom is 0.324 e. The summed E-state index contributed by atoms with van der Waals surface area (Å²) in [6, 6.07) is 0.371. The minimum Gasteiger partial charge on any atom is -0.393 e. The number of carbonyl (C=O) groups is 1. The Hall–Kier alpha value is -1.14. The summed E-state index contributed by atoms with van der Waals surface area (Å²) >= 11 is 1.56. The predicted molar refractivity (Wildman–Crippen MR) is 93.2 cm³/mol. The van der Waals surface area contributed by atoms with Crippen molar-refractivity contribution in [2.24, 2.45) is 11.8 Å². The van der Waals surface area contributed by atoms with Crippen molar-refractivity contribution in [3.05, 3.63) is 11.1 Å². The van der Waals surface area contributed by atoms with Gasteiger partial charge >= 0.3 is 6.03 Å². The fourth-order valence-electron chi connectivity index (χ4n) is 5.76. The van der Waals surface area contributed by atoms with Gasteiger partial charge < -0.3 is 10.0 Å². The highest BCUT2D eigenvalue weighted by atomic mass is 32.1. The molecule has 4 bridgehead atoms. The van der Waals surface area contributed by atoms with E-state index in [-0.39, 0.29) is 24.2 Å². The number of rotatable bonds is 2. The largest absolute Gasteiger partial charge is 0.393 e. The van der Waals surface area contributed by atoms with Crippen molar-refractivity contribution in [2.45, 2.75) is 75.5 Å². The minimum absolute atomic E-state index is 0.0248. The van der Waals surface area contributed by atoms with Gasteiger partial charge in [0.15, 0.2) is 5.13 Å². The van der Waals surface area contributed by atoms with E-state index in [1.54, 1.807) is 11.3 Å². The van der Waals surface area contributed by atoms with Gasteiger partial charge in [-0.2, -0.15) is 0 Å². The molecule has 4 aliphatic rings. The maximum absolute atomic E-state index is 12.7. The fourth-order valence-corrected chi connectivity index (χ4v) is 6.52. The van der Waals surface area contributed by atoms with Crippen LogP contribution in [-0.4, -0.2) is 39.2 Å². The predicted octanol–water partition coefficient (Wildman–Crippen LogP) is 3.57. The lowest BCUT2D eigenvalue weighted by Gasteiger charge is -2.36. The molecule has 0 radical (unpaired) electrons. The summed E-state index contributed by atoms with van der Waals surface area (Å²) < 4.78 is 0. The van der Waals surface area contributed by atoms with Gasteiger partial charge in [-0.25, -0.2) is 9.78 Å². The lowest BCUT2D eigenvalue weighted by Crippen LogP contribution is -2.49. The van der Waals surface area contributed by atoms with E-state index in [9.17, 15) is 9.90 Å². The molecule has 4 fully saturated rings. The molecule has 2 aliphatic carbocycles. The van der Waals surface area contributed by atoms with Crippen LogP contribution in [0.25, 0.3) is 0 Å². The molecule has 0 aromatic carbocycles. The van der Waals surface area contributed by atoms with Crippen molar-refractivity contribution in [3.63, 3.8) is 0 Å². The second kappa shape index (κ2) is 5.70. The summed E-state index contributed by atoms with van der Waals surface area (Å²) in [6.45, 7) is 0. The number of anilines is 1. The number of nitrogens with zero attached hydrogens (tertiary/aromatic N) is 2. The van der Waals surface area contributed by atoms with E-state index in [4.69, 9.17) is 4.98 Å².